The van der Waals surface area contributed by atoms with Gasteiger partial charge in [-0.25, -0.2) is 0 Å². The highest BCUT2D eigenvalue weighted by atomic mass is 35.5. The standard InChI is InChI=1S/C33H30Cl3N3O3/c34-16-31(40)37-19-22-1-7-25(8-2-22)28-13-29(26-9-3-23(4-10-26)20-38-32(41)17-35)15-30(14-28)27-11-5-24(6-12-27)21-39-33(42)18-36/h1-15H,16-21H2,(H,37,40)(H,38,41)(H,39,42). The minimum Gasteiger partial charge on any atom is -0.351 e. The van der Waals surface area contributed by atoms with E-state index in [-0.39, 0.29) is 35.4 Å². The molecule has 0 aromatic heterocycles. The summed E-state index contributed by atoms with van der Waals surface area (Å²) in [5.41, 5.74) is 9.14. The summed E-state index contributed by atoms with van der Waals surface area (Å²) in [6.07, 6.45) is 0. The van der Waals surface area contributed by atoms with Crippen molar-refractivity contribution in [3.8, 4) is 33.4 Å². The van der Waals surface area contributed by atoms with Crippen LogP contribution in [0.3, 0.4) is 0 Å². The molecule has 0 unspecified atom stereocenters. The first-order chi connectivity index (χ1) is 20.4. The van der Waals surface area contributed by atoms with E-state index in [2.05, 4.69) is 34.1 Å². The van der Waals surface area contributed by atoms with Crippen LogP contribution in [0.4, 0.5) is 0 Å². The molecular weight excluding hydrogens is 593 g/mol. The zero-order valence-corrected chi connectivity index (χ0v) is 25.0. The molecule has 4 aromatic rings. The van der Waals surface area contributed by atoms with Gasteiger partial charge in [-0.1, -0.05) is 72.8 Å². The zero-order valence-electron chi connectivity index (χ0n) is 22.8. The normalized spacial score (nSPS) is 10.6. The number of amides is 3. The molecule has 0 radical (unpaired) electrons. The Balaban J connectivity index is 1.64. The molecule has 0 aliphatic heterocycles. The maximum absolute atomic E-state index is 11.5. The lowest BCUT2D eigenvalue weighted by Crippen LogP contribution is -2.23. The van der Waals surface area contributed by atoms with Gasteiger partial charge in [-0.3, -0.25) is 14.4 Å². The van der Waals surface area contributed by atoms with Gasteiger partial charge >= 0.3 is 0 Å². The number of halogens is 3. The zero-order chi connectivity index (χ0) is 29.9. The second-order valence-corrected chi connectivity index (χ2v) is 10.4. The third-order valence-electron chi connectivity index (χ3n) is 6.63. The van der Waals surface area contributed by atoms with E-state index in [4.69, 9.17) is 34.8 Å². The minimum atomic E-state index is -0.210. The minimum absolute atomic E-state index is 0.0697. The van der Waals surface area contributed by atoms with Gasteiger partial charge < -0.3 is 16.0 Å². The Bertz CT molecular complexity index is 1330. The molecule has 0 saturated heterocycles. The molecule has 4 aromatic carbocycles. The van der Waals surface area contributed by atoms with Crippen LogP contribution in [-0.2, 0) is 34.0 Å². The highest BCUT2D eigenvalue weighted by Gasteiger charge is 2.10. The van der Waals surface area contributed by atoms with Crippen molar-refractivity contribution < 1.29 is 14.4 Å². The quantitative estimate of drug-likeness (QED) is 0.163. The molecule has 0 atom stereocenters. The van der Waals surface area contributed by atoms with Crippen molar-refractivity contribution in [1.82, 2.24) is 16.0 Å². The summed E-state index contributed by atoms with van der Waals surface area (Å²) in [4.78, 5) is 34.6. The lowest BCUT2D eigenvalue weighted by molar-refractivity contribution is -0.119. The van der Waals surface area contributed by atoms with Gasteiger partial charge in [0.2, 0.25) is 17.7 Å². The first kappa shape index (κ1) is 31.1. The molecule has 0 spiro atoms. The van der Waals surface area contributed by atoms with Crippen LogP contribution in [0.2, 0.25) is 0 Å². The molecule has 9 heteroatoms. The third kappa shape index (κ3) is 8.83. The molecule has 0 heterocycles. The third-order valence-corrected chi connectivity index (χ3v) is 7.36. The SMILES string of the molecule is O=C(CCl)NCc1ccc(-c2cc(-c3ccc(CNC(=O)CCl)cc3)cc(-c3ccc(CNC(=O)CCl)cc3)c2)cc1. The Labute approximate surface area is 260 Å². The van der Waals surface area contributed by atoms with E-state index in [0.717, 1.165) is 50.1 Å². The van der Waals surface area contributed by atoms with Crippen molar-refractivity contribution in [3.05, 3.63) is 108 Å². The van der Waals surface area contributed by atoms with Crippen LogP contribution in [0.25, 0.3) is 33.4 Å². The van der Waals surface area contributed by atoms with Crippen molar-refractivity contribution >= 4 is 52.5 Å². The lowest BCUT2D eigenvalue weighted by Gasteiger charge is -2.13. The fourth-order valence-corrected chi connectivity index (χ4v) is 4.60. The van der Waals surface area contributed by atoms with Crippen LogP contribution in [0, 0.1) is 0 Å². The molecule has 0 aliphatic rings. The van der Waals surface area contributed by atoms with Gasteiger partial charge in [0.05, 0.1) is 0 Å². The molecule has 0 aliphatic carbocycles. The van der Waals surface area contributed by atoms with Crippen LogP contribution in [0.5, 0.6) is 0 Å². The second kappa shape index (κ2) is 15.4. The number of carbonyl (C=O) groups is 3. The smallest absolute Gasteiger partial charge is 0.235 e. The topological polar surface area (TPSA) is 87.3 Å². The van der Waals surface area contributed by atoms with Crippen molar-refractivity contribution in [3.63, 3.8) is 0 Å². The van der Waals surface area contributed by atoms with Gasteiger partial charge in [-0.2, -0.15) is 0 Å². The summed E-state index contributed by atoms with van der Waals surface area (Å²) in [5, 5.41) is 8.35. The maximum atomic E-state index is 11.5. The predicted octanol–water partition coefficient (Wildman–Crippen LogP) is 6.25. The fourth-order valence-electron chi connectivity index (χ4n) is 4.32. The van der Waals surface area contributed by atoms with Crippen molar-refractivity contribution in [1.29, 1.82) is 0 Å². The number of benzene rings is 4. The molecule has 3 amide bonds. The first-order valence-electron chi connectivity index (χ1n) is 13.3. The summed E-state index contributed by atoms with van der Waals surface area (Å²) in [7, 11) is 0. The largest absolute Gasteiger partial charge is 0.351 e. The first-order valence-corrected chi connectivity index (χ1v) is 14.9. The summed E-state index contributed by atoms with van der Waals surface area (Å²) in [6, 6.07) is 30.6. The summed E-state index contributed by atoms with van der Waals surface area (Å²) < 4.78 is 0. The van der Waals surface area contributed by atoms with Gasteiger partial charge in [-0.15, -0.1) is 34.8 Å². The summed E-state index contributed by atoms with van der Waals surface area (Å²) in [5.74, 6) is -0.840. The van der Waals surface area contributed by atoms with E-state index in [9.17, 15) is 14.4 Å². The average molecular weight is 623 g/mol. The Morgan fingerprint density at radius 1 is 0.405 bits per heavy atom. The second-order valence-electron chi connectivity index (χ2n) is 9.62. The van der Waals surface area contributed by atoms with E-state index >= 15 is 0 Å². The van der Waals surface area contributed by atoms with Crippen molar-refractivity contribution in [2.24, 2.45) is 0 Å². The molecule has 0 saturated carbocycles. The Morgan fingerprint density at radius 2 is 0.643 bits per heavy atom. The number of rotatable bonds is 12. The van der Waals surface area contributed by atoms with Crippen LogP contribution < -0.4 is 16.0 Å². The molecule has 216 valence electrons. The number of hydrogen-bond acceptors (Lipinski definition) is 3. The van der Waals surface area contributed by atoms with Crippen molar-refractivity contribution in [2.45, 2.75) is 19.6 Å². The van der Waals surface area contributed by atoms with Crippen LogP contribution in [0.1, 0.15) is 16.7 Å². The predicted molar refractivity (Wildman–Crippen MR) is 170 cm³/mol. The van der Waals surface area contributed by atoms with E-state index in [0.29, 0.717) is 19.6 Å². The van der Waals surface area contributed by atoms with Gasteiger partial charge in [0.1, 0.15) is 17.6 Å². The Kier molecular flexibility index (Phi) is 11.4. The van der Waals surface area contributed by atoms with Gasteiger partial charge in [0.15, 0.2) is 0 Å². The number of carbonyl (C=O) groups excluding carboxylic acids is 3. The average Bonchev–Trinajstić information content (AvgIpc) is 3.05. The van der Waals surface area contributed by atoms with Crippen molar-refractivity contribution in [2.75, 3.05) is 17.6 Å². The summed E-state index contributed by atoms with van der Waals surface area (Å²) >= 11 is 16.8. The van der Waals surface area contributed by atoms with Gasteiger partial charge in [0, 0.05) is 19.6 Å². The van der Waals surface area contributed by atoms with Crippen LogP contribution >= 0.6 is 34.8 Å². The molecule has 42 heavy (non-hydrogen) atoms. The number of nitrogens with one attached hydrogen (secondary N) is 3. The monoisotopic (exact) mass is 621 g/mol. The lowest BCUT2D eigenvalue weighted by atomic mass is 9.92. The van der Waals surface area contributed by atoms with E-state index in [1.54, 1.807) is 0 Å². The molecule has 4 rings (SSSR count). The number of alkyl halides is 3. The van der Waals surface area contributed by atoms with Gasteiger partial charge in [-0.05, 0) is 68.3 Å². The van der Waals surface area contributed by atoms with E-state index < -0.39 is 0 Å². The highest BCUT2D eigenvalue weighted by molar-refractivity contribution is 6.27. The number of hydrogen-bond donors (Lipinski definition) is 3. The van der Waals surface area contributed by atoms with E-state index in [1.165, 1.54) is 0 Å². The highest BCUT2D eigenvalue weighted by Crippen LogP contribution is 2.33. The molecule has 0 bridgehead atoms. The maximum Gasteiger partial charge on any atom is 0.235 e. The Hall–Kier alpha value is -3.84. The molecule has 3 N–H and O–H groups in total. The summed E-state index contributed by atoms with van der Waals surface area (Å²) in [6.45, 7) is 1.23. The molecular formula is C33H30Cl3N3O3. The molecule has 6 nitrogen and oxygen atoms in total. The van der Waals surface area contributed by atoms with E-state index in [1.807, 2.05) is 72.8 Å². The molecule has 0 fully saturated rings. The Morgan fingerprint density at radius 3 is 0.857 bits per heavy atom. The van der Waals surface area contributed by atoms with Crippen LogP contribution in [0.15, 0.2) is 91.0 Å². The van der Waals surface area contributed by atoms with Crippen LogP contribution in [-0.4, -0.2) is 35.4 Å². The van der Waals surface area contributed by atoms with Gasteiger partial charge in [0.25, 0.3) is 0 Å². The fraction of sp³-hybridized carbons (Fsp3) is 0.182.